The van der Waals surface area contributed by atoms with Gasteiger partial charge in [0, 0.05) is 0 Å². The maximum atomic E-state index is 10.3. The molecule has 1 aromatic carbocycles. The molecular weight excluding hydrogens is 402 g/mol. The highest BCUT2D eigenvalue weighted by Gasteiger charge is 2.44. The normalized spacial score (nSPS) is 30.0. The molecular formula is C18H25N3O9. The second kappa shape index (κ2) is 9.87. The number of nitrogens with zero attached hydrogens (tertiary/aromatic N) is 3. The molecule has 0 amide bonds. The predicted octanol–water partition coefficient (Wildman–Crippen LogP) is -3.16. The van der Waals surface area contributed by atoms with Gasteiger partial charge < -0.3 is 45.2 Å². The van der Waals surface area contributed by atoms with E-state index in [2.05, 4.69) is 10.2 Å². The highest BCUT2D eigenvalue weighted by molar-refractivity contribution is 5.28. The Kier molecular flexibility index (Phi) is 7.46. The summed E-state index contributed by atoms with van der Waals surface area (Å²) in [6.07, 6.45) is -11.2. The van der Waals surface area contributed by atoms with Gasteiger partial charge >= 0.3 is 0 Å². The molecule has 0 saturated carbocycles. The Morgan fingerprint density at radius 3 is 2.40 bits per heavy atom. The smallest absolute Gasteiger partial charge is 0.186 e. The van der Waals surface area contributed by atoms with Crippen molar-refractivity contribution in [3.63, 3.8) is 0 Å². The van der Waals surface area contributed by atoms with Crippen LogP contribution in [-0.4, -0.2) is 107 Å². The molecule has 12 nitrogen and oxygen atoms in total. The first-order valence-corrected chi connectivity index (χ1v) is 9.27. The van der Waals surface area contributed by atoms with E-state index in [9.17, 15) is 30.6 Å². The molecule has 0 bridgehead atoms. The SMILES string of the molecule is OC[C@@H]1O[C@H](OC[C@@H](O)[C@H](O)[C@H](O)c2cnn(-c3ccccc3)n2)[C@H](O)[C@H](O)[C@@H]1O. The molecule has 1 aromatic heterocycles. The molecule has 0 unspecified atom stereocenters. The number of hydrogen-bond donors (Lipinski definition) is 7. The number of ether oxygens (including phenoxy) is 2. The van der Waals surface area contributed by atoms with E-state index in [0.717, 1.165) is 0 Å². The molecule has 1 aliphatic heterocycles. The van der Waals surface area contributed by atoms with Crippen LogP contribution in [0.4, 0.5) is 0 Å². The lowest BCUT2D eigenvalue weighted by molar-refractivity contribution is -0.306. The number of para-hydroxylation sites is 1. The summed E-state index contributed by atoms with van der Waals surface area (Å²) in [5, 5.41) is 77.3. The van der Waals surface area contributed by atoms with Crippen molar-refractivity contribution in [1.29, 1.82) is 0 Å². The van der Waals surface area contributed by atoms with Crippen molar-refractivity contribution in [1.82, 2.24) is 15.0 Å². The van der Waals surface area contributed by atoms with E-state index in [1.807, 2.05) is 6.07 Å². The van der Waals surface area contributed by atoms with Gasteiger partial charge in [-0.1, -0.05) is 18.2 Å². The predicted molar refractivity (Wildman–Crippen MR) is 98.1 cm³/mol. The Morgan fingerprint density at radius 2 is 1.73 bits per heavy atom. The van der Waals surface area contributed by atoms with Crippen LogP contribution in [0.3, 0.4) is 0 Å². The number of aliphatic hydroxyl groups excluding tert-OH is 7. The molecule has 1 saturated heterocycles. The lowest BCUT2D eigenvalue weighted by Crippen LogP contribution is -2.59. The summed E-state index contributed by atoms with van der Waals surface area (Å²) in [6, 6.07) is 8.87. The zero-order chi connectivity index (χ0) is 21.8. The van der Waals surface area contributed by atoms with E-state index >= 15 is 0 Å². The molecule has 2 heterocycles. The molecule has 8 atom stereocenters. The average Bonchev–Trinajstić information content (AvgIpc) is 3.26. The molecule has 0 spiro atoms. The molecule has 0 aliphatic carbocycles. The molecule has 1 aliphatic rings. The van der Waals surface area contributed by atoms with Crippen LogP contribution in [0, 0.1) is 0 Å². The van der Waals surface area contributed by atoms with Crippen molar-refractivity contribution < 1.29 is 45.2 Å². The summed E-state index contributed by atoms with van der Waals surface area (Å²) in [4.78, 5) is 1.25. The number of hydrogen-bond acceptors (Lipinski definition) is 11. The molecule has 30 heavy (non-hydrogen) atoms. The summed E-state index contributed by atoms with van der Waals surface area (Å²) in [5.74, 6) is 0. The Labute approximate surface area is 171 Å². The highest BCUT2D eigenvalue weighted by Crippen LogP contribution is 2.23. The minimum absolute atomic E-state index is 0.0123. The third kappa shape index (κ3) is 4.83. The van der Waals surface area contributed by atoms with Gasteiger partial charge in [0.15, 0.2) is 6.29 Å². The summed E-state index contributed by atoms with van der Waals surface area (Å²) < 4.78 is 10.3. The quantitative estimate of drug-likeness (QED) is 0.225. The lowest BCUT2D eigenvalue weighted by Gasteiger charge is -2.40. The number of rotatable bonds is 8. The van der Waals surface area contributed by atoms with Gasteiger partial charge in [-0.25, -0.2) is 0 Å². The van der Waals surface area contributed by atoms with Crippen LogP contribution in [0.15, 0.2) is 36.5 Å². The molecule has 7 N–H and O–H groups in total. The van der Waals surface area contributed by atoms with E-state index in [-0.39, 0.29) is 5.69 Å². The van der Waals surface area contributed by atoms with Crippen molar-refractivity contribution in [3.05, 3.63) is 42.2 Å². The molecule has 166 valence electrons. The first kappa shape index (κ1) is 22.7. The fraction of sp³-hybridized carbons (Fsp3) is 0.556. The molecule has 12 heteroatoms. The maximum Gasteiger partial charge on any atom is 0.186 e. The Balaban J connectivity index is 1.58. The van der Waals surface area contributed by atoms with Crippen LogP contribution in [-0.2, 0) is 9.47 Å². The van der Waals surface area contributed by atoms with E-state index in [1.165, 1.54) is 11.0 Å². The van der Waals surface area contributed by atoms with Crippen LogP contribution in [0.25, 0.3) is 5.69 Å². The minimum atomic E-state index is -1.71. The van der Waals surface area contributed by atoms with E-state index in [4.69, 9.17) is 14.6 Å². The Morgan fingerprint density at radius 1 is 1.03 bits per heavy atom. The van der Waals surface area contributed by atoms with Crippen LogP contribution in [0.2, 0.25) is 0 Å². The van der Waals surface area contributed by atoms with Gasteiger partial charge in [0.05, 0.1) is 25.1 Å². The third-order valence-electron chi connectivity index (χ3n) is 4.80. The topological polar surface area (TPSA) is 191 Å². The van der Waals surface area contributed by atoms with Crippen molar-refractivity contribution in [2.24, 2.45) is 0 Å². The van der Waals surface area contributed by atoms with Gasteiger partial charge in [-0.05, 0) is 12.1 Å². The van der Waals surface area contributed by atoms with Crippen LogP contribution in [0.1, 0.15) is 11.8 Å². The van der Waals surface area contributed by atoms with Crippen LogP contribution in [0.5, 0.6) is 0 Å². The summed E-state index contributed by atoms with van der Waals surface area (Å²) in [5.41, 5.74) is 0.648. The van der Waals surface area contributed by atoms with Crippen molar-refractivity contribution in [3.8, 4) is 5.69 Å². The van der Waals surface area contributed by atoms with E-state index in [0.29, 0.717) is 5.69 Å². The third-order valence-corrected chi connectivity index (χ3v) is 4.80. The van der Waals surface area contributed by atoms with Crippen LogP contribution >= 0.6 is 0 Å². The maximum absolute atomic E-state index is 10.3. The standard InChI is InChI=1S/C18H25N3O9/c22-7-12-15(26)16(27)17(28)18(30-12)29-8-11(23)14(25)13(24)10-6-19-21(20-10)9-4-2-1-3-5-9/h1-6,11-18,22-28H,7-8H2/t11-,12+,13-,14+,15-,16-,17-,18+/m1/s1. The number of aliphatic hydroxyl groups is 7. The largest absolute Gasteiger partial charge is 0.394 e. The molecule has 2 aromatic rings. The summed E-state index contributed by atoms with van der Waals surface area (Å²) >= 11 is 0. The van der Waals surface area contributed by atoms with Gasteiger partial charge in [0.2, 0.25) is 0 Å². The van der Waals surface area contributed by atoms with Gasteiger partial charge in [-0.3, -0.25) is 0 Å². The van der Waals surface area contributed by atoms with E-state index < -0.39 is 62.2 Å². The monoisotopic (exact) mass is 427 g/mol. The van der Waals surface area contributed by atoms with Crippen LogP contribution < -0.4 is 0 Å². The Bertz CT molecular complexity index is 790. The van der Waals surface area contributed by atoms with Gasteiger partial charge in [-0.15, -0.1) is 0 Å². The highest BCUT2D eigenvalue weighted by atomic mass is 16.7. The molecule has 0 radical (unpaired) electrons. The van der Waals surface area contributed by atoms with Crippen molar-refractivity contribution in [2.45, 2.75) is 49.0 Å². The first-order valence-electron chi connectivity index (χ1n) is 9.27. The first-order chi connectivity index (χ1) is 14.3. The van der Waals surface area contributed by atoms with Gasteiger partial charge in [-0.2, -0.15) is 15.0 Å². The molecule has 1 fully saturated rings. The van der Waals surface area contributed by atoms with E-state index in [1.54, 1.807) is 24.3 Å². The van der Waals surface area contributed by atoms with Gasteiger partial charge in [0.25, 0.3) is 0 Å². The fourth-order valence-corrected chi connectivity index (χ4v) is 2.98. The minimum Gasteiger partial charge on any atom is -0.394 e. The summed E-state index contributed by atoms with van der Waals surface area (Å²) in [7, 11) is 0. The number of aromatic nitrogens is 3. The summed E-state index contributed by atoms with van der Waals surface area (Å²) in [6.45, 7) is -1.22. The zero-order valence-corrected chi connectivity index (χ0v) is 15.8. The molecule has 3 rings (SSSR count). The van der Waals surface area contributed by atoms with Crippen molar-refractivity contribution in [2.75, 3.05) is 13.2 Å². The van der Waals surface area contributed by atoms with Gasteiger partial charge in [0.1, 0.15) is 48.4 Å². The Hall–Kier alpha value is -2.00. The zero-order valence-electron chi connectivity index (χ0n) is 15.8. The van der Waals surface area contributed by atoms with Crippen molar-refractivity contribution >= 4 is 0 Å². The lowest BCUT2D eigenvalue weighted by atomic mass is 9.99. The second-order valence-electron chi connectivity index (χ2n) is 6.93. The average molecular weight is 427 g/mol. The fourth-order valence-electron chi connectivity index (χ4n) is 2.98. The second-order valence-corrected chi connectivity index (χ2v) is 6.93. The number of benzene rings is 1.